The van der Waals surface area contributed by atoms with Crippen molar-refractivity contribution in [3.05, 3.63) is 41.2 Å². The molecule has 3 heteroatoms. The molecule has 0 unspecified atom stereocenters. The minimum absolute atomic E-state index is 0.195. The molecular formula is C10H11ClFN. The van der Waals surface area contributed by atoms with Gasteiger partial charge in [-0.3, -0.25) is 0 Å². The van der Waals surface area contributed by atoms with E-state index < -0.39 is 0 Å². The fraction of sp³-hybridized carbons (Fsp3) is 0.200. The van der Waals surface area contributed by atoms with Crippen molar-refractivity contribution in [1.29, 1.82) is 0 Å². The Balaban J connectivity index is 2.63. The van der Waals surface area contributed by atoms with Crippen molar-refractivity contribution in [3.63, 3.8) is 0 Å². The zero-order valence-electron chi connectivity index (χ0n) is 7.35. The first-order chi connectivity index (χ1) is 6.24. The standard InChI is InChI=1S/C10H11ClFN/c1-8-3-4-9(7-10(8)12)13-6-2-5-11/h2-5,7,13H,6H2,1H3/b5-2+. The van der Waals surface area contributed by atoms with E-state index in [1.165, 1.54) is 11.6 Å². The Morgan fingerprint density at radius 2 is 2.31 bits per heavy atom. The van der Waals surface area contributed by atoms with Crippen molar-refractivity contribution >= 4 is 17.3 Å². The lowest BCUT2D eigenvalue weighted by molar-refractivity contribution is 0.619. The molecule has 0 spiro atoms. The van der Waals surface area contributed by atoms with Crippen molar-refractivity contribution in [2.45, 2.75) is 6.92 Å². The Bertz CT molecular complexity index is 310. The monoisotopic (exact) mass is 199 g/mol. The number of anilines is 1. The summed E-state index contributed by atoms with van der Waals surface area (Å²) in [6.07, 6.45) is 1.75. The summed E-state index contributed by atoms with van der Waals surface area (Å²) in [5.74, 6) is -0.195. The van der Waals surface area contributed by atoms with Gasteiger partial charge in [-0.15, -0.1) is 0 Å². The lowest BCUT2D eigenvalue weighted by Gasteiger charge is -2.03. The molecule has 0 bridgehead atoms. The third kappa shape index (κ3) is 3.07. The van der Waals surface area contributed by atoms with E-state index in [9.17, 15) is 4.39 Å². The highest BCUT2D eigenvalue weighted by Gasteiger charge is 1.97. The van der Waals surface area contributed by atoms with Crippen LogP contribution in [0, 0.1) is 12.7 Å². The van der Waals surface area contributed by atoms with Gasteiger partial charge < -0.3 is 5.32 Å². The summed E-state index contributed by atoms with van der Waals surface area (Å²) in [6.45, 7) is 2.34. The molecule has 0 aliphatic heterocycles. The molecule has 0 heterocycles. The molecule has 0 saturated heterocycles. The van der Waals surface area contributed by atoms with E-state index in [-0.39, 0.29) is 5.82 Å². The normalized spacial score (nSPS) is 10.7. The topological polar surface area (TPSA) is 12.0 Å². The van der Waals surface area contributed by atoms with Gasteiger partial charge in [0.15, 0.2) is 0 Å². The Morgan fingerprint density at radius 1 is 1.54 bits per heavy atom. The number of benzene rings is 1. The van der Waals surface area contributed by atoms with Gasteiger partial charge in [-0.25, -0.2) is 4.39 Å². The Kier molecular flexibility index (Phi) is 3.77. The van der Waals surface area contributed by atoms with Crippen LogP contribution in [-0.2, 0) is 0 Å². The van der Waals surface area contributed by atoms with E-state index in [2.05, 4.69) is 5.32 Å². The van der Waals surface area contributed by atoms with Crippen LogP contribution in [0.15, 0.2) is 29.8 Å². The maximum atomic E-state index is 13.0. The van der Waals surface area contributed by atoms with Crippen molar-refractivity contribution in [2.75, 3.05) is 11.9 Å². The SMILES string of the molecule is Cc1ccc(NC/C=C/Cl)cc1F. The summed E-state index contributed by atoms with van der Waals surface area (Å²) in [4.78, 5) is 0. The van der Waals surface area contributed by atoms with Crippen molar-refractivity contribution < 1.29 is 4.39 Å². The fourth-order valence-electron chi connectivity index (χ4n) is 0.924. The first kappa shape index (κ1) is 10.1. The highest BCUT2D eigenvalue weighted by Crippen LogP contribution is 2.12. The molecule has 0 atom stereocenters. The van der Waals surface area contributed by atoms with E-state index in [4.69, 9.17) is 11.6 Å². The summed E-state index contributed by atoms with van der Waals surface area (Å²) < 4.78 is 13.0. The molecule has 1 aromatic carbocycles. The van der Waals surface area contributed by atoms with Crippen LogP contribution in [0.25, 0.3) is 0 Å². The van der Waals surface area contributed by atoms with Crippen LogP contribution in [0.4, 0.5) is 10.1 Å². The van der Waals surface area contributed by atoms with Crippen molar-refractivity contribution in [1.82, 2.24) is 0 Å². The zero-order chi connectivity index (χ0) is 9.68. The number of hydrogen-bond acceptors (Lipinski definition) is 1. The lowest BCUT2D eigenvalue weighted by atomic mass is 10.2. The number of halogens is 2. The molecule has 0 aromatic heterocycles. The smallest absolute Gasteiger partial charge is 0.128 e. The Hall–Kier alpha value is -1.02. The molecule has 0 amide bonds. The van der Waals surface area contributed by atoms with Crippen LogP contribution in [0.2, 0.25) is 0 Å². The van der Waals surface area contributed by atoms with Gasteiger partial charge in [0.2, 0.25) is 0 Å². The van der Waals surface area contributed by atoms with Gasteiger partial charge in [0.05, 0.1) is 0 Å². The van der Waals surface area contributed by atoms with E-state index in [0.717, 1.165) is 5.69 Å². The lowest BCUT2D eigenvalue weighted by Crippen LogP contribution is -1.98. The summed E-state index contributed by atoms with van der Waals surface area (Å²) in [7, 11) is 0. The predicted molar refractivity (Wildman–Crippen MR) is 54.6 cm³/mol. The Labute approximate surface area is 82.2 Å². The second-order valence-corrected chi connectivity index (χ2v) is 2.96. The summed E-state index contributed by atoms with van der Waals surface area (Å²) in [5.41, 5.74) is 2.84. The first-order valence-corrected chi connectivity index (χ1v) is 4.43. The zero-order valence-corrected chi connectivity index (χ0v) is 8.11. The molecule has 0 radical (unpaired) electrons. The number of aryl methyl sites for hydroxylation is 1. The first-order valence-electron chi connectivity index (χ1n) is 3.99. The second kappa shape index (κ2) is 4.87. The third-order valence-electron chi connectivity index (χ3n) is 1.68. The van der Waals surface area contributed by atoms with Crippen molar-refractivity contribution in [3.8, 4) is 0 Å². The minimum atomic E-state index is -0.195. The molecule has 0 fully saturated rings. The largest absolute Gasteiger partial charge is 0.381 e. The van der Waals surface area contributed by atoms with Crippen LogP contribution < -0.4 is 5.32 Å². The molecule has 0 aliphatic rings. The average Bonchev–Trinajstić information content (AvgIpc) is 2.12. The molecule has 1 N–H and O–H groups in total. The van der Waals surface area contributed by atoms with Crippen LogP contribution in [-0.4, -0.2) is 6.54 Å². The van der Waals surface area contributed by atoms with Crippen molar-refractivity contribution in [2.24, 2.45) is 0 Å². The van der Waals surface area contributed by atoms with Gasteiger partial charge in [-0.05, 0) is 24.6 Å². The van der Waals surface area contributed by atoms with Gasteiger partial charge in [0.1, 0.15) is 5.82 Å². The van der Waals surface area contributed by atoms with Crippen LogP contribution in [0.5, 0.6) is 0 Å². The second-order valence-electron chi connectivity index (χ2n) is 2.71. The predicted octanol–water partition coefficient (Wildman–Crippen LogP) is 3.30. The van der Waals surface area contributed by atoms with Gasteiger partial charge in [-0.2, -0.15) is 0 Å². The third-order valence-corrected chi connectivity index (χ3v) is 1.86. The number of rotatable bonds is 3. The van der Waals surface area contributed by atoms with E-state index >= 15 is 0 Å². The molecule has 13 heavy (non-hydrogen) atoms. The maximum absolute atomic E-state index is 13.0. The van der Waals surface area contributed by atoms with Gasteiger partial charge in [0, 0.05) is 17.8 Å². The summed E-state index contributed by atoms with van der Waals surface area (Å²) in [5, 5.41) is 3.00. The van der Waals surface area contributed by atoms with E-state index in [1.807, 2.05) is 6.07 Å². The van der Waals surface area contributed by atoms with E-state index in [1.54, 1.807) is 19.1 Å². The van der Waals surface area contributed by atoms with Gasteiger partial charge >= 0.3 is 0 Å². The van der Waals surface area contributed by atoms with Gasteiger partial charge in [-0.1, -0.05) is 23.7 Å². The molecule has 1 nitrogen and oxygen atoms in total. The average molecular weight is 200 g/mol. The maximum Gasteiger partial charge on any atom is 0.128 e. The quantitative estimate of drug-likeness (QED) is 0.788. The van der Waals surface area contributed by atoms with Gasteiger partial charge in [0.25, 0.3) is 0 Å². The summed E-state index contributed by atoms with van der Waals surface area (Å²) >= 11 is 5.33. The molecular weight excluding hydrogens is 189 g/mol. The van der Waals surface area contributed by atoms with Crippen LogP contribution >= 0.6 is 11.6 Å². The fourth-order valence-corrected chi connectivity index (χ4v) is 1.01. The van der Waals surface area contributed by atoms with E-state index in [0.29, 0.717) is 12.1 Å². The number of nitrogens with one attached hydrogen (secondary N) is 1. The summed E-state index contributed by atoms with van der Waals surface area (Å²) in [6, 6.07) is 5.04. The molecule has 0 aliphatic carbocycles. The molecule has 0 saturated carbocycles. The highest BCUT2D eigenvalue weighted by molar-refractivity contribution is 6.25. The minimum Gasteiger partial charge on any atom is -0.381 e. The Morgan fingerprint density at radius 3 is 2.92 bits per heavy atom. The highest BCUT2D eigenvalue weighted by atomic mass is 35.5. The molecule has 70 valence electrons. The molecule has 1 aromatic rings. The van der Waals surface area contributed by atoms with Crippen LogP contribution in [0.1, 0.15) is 5.56 Å². The number of hydrogen-bond donors (Lipinski definition) is 1. The molecule has 1 rings (SSSR count). The van der Waals surface area contributed by atoms with Crippen LogP contribution in [0.3, 0.4) is 0 Å².